The molecular weight excluding hydrogens is 346 g/mol. The number of thioether (sulfide) groups is 1. The van der Waals surface area contributed by atoms with Crippen molar-refractivity contribution in [3.05, 3.63) is 64.8 Å². The van der Waals surface area contributed by atoms with Gasteiger partial charge in [-0.2, -0.15) is 5.01 Å². The molecule has 3 rings (SSSR count). The maximum Gasteiger partial charge on any atom is 0.285 e. The van der Waals surface area contributed by atoms with E-state index in [1.807, 2.05) is 6.07 Å². The number of hydrazine groups is 1. The fourth-order valence-corrected chi connectivity index (χ4v) is 3.14. The molecule has 2 amide bonds. The third-order valence-electron chi connectivity index (χ3n) is 3.12. The number of nitrogens with zero attached hydrogens (tertiary/aromatic N) is 2. The second kappa shape index (κ2) is 6.81. The van der Waals surface area contributed by atoms with E-state index >= 15 is 0 Å². The zero-order valence-corrected chi connectivity index (χ0v) is 13.8. The fourth-order valence-electron chi connectivity index (χ4n) is 1.96. The molecule has 0 bridgehead atoms. The molecule has 0 spiro atoms. The summed E-state index contributed by atoms with van der Waals surface area (Å²) in [7, 11) is 0. The van der Waals surface area contributed by atoms with E-state index in [2.05, 4.69) is 10.4 Å². The second-order valence-corrected chi connectivity index (χ2v) is 6.47. The van der Waals surface area contributed by atoms with E-state index in [0.29, 0.717) is 10.5 Å². The number of benzene rings is 1. The molecule has 0 unspecified atom stereocenters. The summed E-state index contributed by atoms with van der Waals surface area (Å²) in [6, 6.07) is 9.26. The van der Waals surface area contributed by atoms with Gasteiger partial charge < -0.3 is 5.11 Å². The van der Waals surface area contributed by atoms with Gasteiger partial charge in [-0.1, -0.05) is 17.8 Å². The van der Waals surface area contributed by atoms with Crippen molar-refractivity contribution in [1.82, 2.24) is 15.4 Å². The molecule has 0 radical (unpaired) electrons. The van der Waals surface area contributed by atoms with E-state index in [9.17, 15) is 14.7 Å². The molecule has 2 heterocycles. The predicted molar refractivity (Wildman–Crippen MR) is 94.8 cm³/mol. The van der Waals surface area contributed by atoms with Crippen LogP contribution in [0.25, 0.3) is 6.08 Å². The van der Waals surface area contributed by atoms with Gasteiger partial charge in [0.1, 0.15) is 5.75 Å². The van der Waals surface area contributed by atoms with E-state index < -0.39 is 11.8 Å². The van der Waals surface area contributed by atoms with Crippen LogP contribution in [0.15, 0.2) is 53.7 Å². The van der Waals surface area contributed by atoms with Crippen LogP contribution in [0.1, 0.15) is 15.9 Å². The molecule has 1 aliphatic heterocycles. The number of carbonyl (C=O) groups excluding carboxylic acids is 2. The molecule has 2 N–H and O–H groups in total. The highest BCUT2D eigenvalue weighted by Crippen LogP contribution is 2.31. The Bertz CT molecular complexity index is 835. The molecule has 6 nitrogen and oxygen atoms in total. The first-order valence-electron chi connectivity index (χ1n) is 6.82. The van der Waals surface area contributed by atoms with Crippen molar-refractivity contribution in [2.24, 2.45) is 0 Å². The van der Waals surface area contributed by atoms with Crippen LogP contribution in [0, 0.1) is 0 Å². The van der Waals surface area contributed by atoms with Crippen molar-refractivity contribution in [3.8, 4) is 5.75 Å². The Morgan fingerprint density at radius 1 is 1.29 bits per heavy atom. The number of carbonyl (C=O) groups is 2. The minimum absolute atomic E-state index is 0.0524. The smallest absolute Gasteiger partial charge is 0.285 e. The van der Waals surface area contributed by atoms with Crippen molar-refractivity contribution in [3.63, 3.8) is 0 Å². The van der Waals surface area contributed by atoms with Gasteiger partial charge in [0, 0.05) is 18.0 Å². The van der Waals surface area contributed by atoms with Crippen LogP contribution < -0.4 is 5.43 Å². The second-order valence-electron chi connectivity index (χ2n) is 4.79. The van der Waals surface area contributed by atoms with Crippen molar-refractivity contribution < 1.29 is 14.7 Å². The van der Waals surface area contributed by atoms with Gasteiger partial charge in [-0.25, -0.2) is 0 Å². The Kier molecular flexibility index (Phi) is 4.59. The van der Waals surface area contributed by atoms with Gasteiger partial charge in [0.05, 0.1) is 4.91 Å². The number of aromatic hydroxyl groups is 1. The summed E-state index contributed by atoms with van der Waals surface area (Å²) in [5, 5.41) is 10.3. The number of thiocarbonyl (C=S) groups is 1. The van der Waals surface area contributed by atoms with Crippen LogP contribution in [-0.4, -0.2) is 31.2 Å². The third kappa shape index (κ3) is 3.44. The lowest BCUT2D eigenvalue weighted by atomic mass is 10.2. The largest absolute Gasteiger partial charge is 0.508 e. The molecule has 0 saturated carbocycles. The molecule has 120 valence electrons. The van der Waals surface area contributed by atoms with Crippen LogP contribution in [0.2, 0.25) is 0 Å². The molecule has 1 aromatic carbocycles. The van der Waals surface area contributed by atoms with E-state index in [0.717, 1.165) is 22.3 Å². The number of phenols is 1. The monoisotopic (exact) mass is 357 g/mol. The highest BCUT2D eigenvalue weighted by atomic mass is 32.2. The van der Waals surface area contributed by atoms with Crippen molar-refractivity contribution >= 4 is 46.2 Å². The Labute approximate surface area is 147 Å². The highest BCUT2D eigenvalue weighted by Gasteiger charge is 2.33. The zero-order chi connectivity index (χ0) is 17.1. The number of nitrogens with one attached hydrogen (secondary N) is 1. The maximum atomic E-state index is 12.4. The maximum absolute atomic E-state index is 12.4. The summed E-state index contributed by atoms with van der Waals surface area (Å²) in [5.74, 6) is -0.841. The Hall–Kier alpha value is -2.71. The van der Waals surface area contributed by atoms with Gasteiger partial charge in [-0.3, -0.25) is 20.0 Å². The first kappa shape index (κ1) is 16.2. The molecule has 8 heteroatoms. The zero-order valence-electron chi connectivity index (χ0n) is 12.2. The Morgan fingerprint density at radius 3 is 2.71 bits per heavy atom. The van der Waals surface area contributed by atoms with Crippen molar-refractivity contribution in [2.45, 2.75) is 0 Å². The number of pyridine rings is 1. The topological polar surface area (TPSA) is 82.5 Å². The Balaban J connectivity index is 1.76. The van der Waals surface area contributed by atoms with E-state index in [1.165, 1.54) is 24.3 Å². The van der Waals surface area contributed by atoms with E-state index in [-0.39, 0.29) is 10.1 Å². The third-order valence-corrected chi connectivity index (χ3v) is 4.42. The molecule has 0 atom stereocenters. The number of phenolic OH excluding ortho intramolecular Hbond substituents is 1. The summed E-state index contributed by atoms with van der Waals surface area (Å²) in [4.78, 5) is 29.0. The van der Waals surface area contributed by atoms with Crippen LogP contribution in [0.3, 0.4) is 0 Å². The summed E-state index contributed by atoms with van der Waals surface area (Å²) < 4.78 is 0.238. The predicted octanol–water partition coefficient (Wildman–Crippen LogP) is 2.33. The molecule has 1 aromatic heterocycles. The van der Waals surface area contributed by atoms with Crippen molar-refractivity contribution in [1.29, 1.82) is 0 Å². The summed E-state index contributed by atoms with van der Waals surface area (Å²) in [5.41, 5.74) is 3.54. The quantitative estimate of drug-likeness (QED) is 0.648. The van der Waals surface area contributed by atoms with Gasteiger partial charge >= 0.3 is 0 Å². The summed E-state index contributed by atoms with van der Waals surface area (Å²) in [6.07, 6.45) is 4.93. The average Bonchev–Trinajstić information content (AvgIpc) is 2.84. The van der Waals surface area contributed by atoms with Gasteiger partial charge in [-0.05, 0) is 54.2 Å². The number of hydrogen-bond acceptors (Lipinski definition) is 6. The van der Waals surface area contributed by atoms with E-state index in [1.54, 1.807) is 24.5 Å². The summed E-state index contributed by atoms with van der Waals surface area (Å²) in [6.45, 7) is 0. The average molecular weight is 357 g/mol. The number of rotatable bonds is 3. The molecule has 2 aromatic rings. The first-order valence-corrected chi connectivity index (χ1v) is 8.05. The van der Waals surface area contributed by atoms with Gasteiger partial charge in [0.2, 0.25) is 0 Å². The lowest BCUT2D eigenvalue weighted by molar-refractivity contribution is -0.123. The molecule has 0 aliphatic carbocycles. The lowest BCUT2D eigenvalue weighted by Gasteiger charge is -2.15. The first-order chi connectivity index (χ1) is 11.5. The minimum Gasteiger partial charge on any atom is -0.508 e. The highest BCUT2D eigenvalue weighted by molar-refractivity contribution is 8.26. The SMILES string of the molecule is O=C(NN1C(=O)/C(=C/c2cccnc2)SC1=S)c1ccc(O)cc1. The molecule has 1 aliphatic rings. The number of hydrogen-bond donors (Lipinski definition) is 2. The lowest BCUT2D eigenvalue weighted by Crippen LogP contribution is -2.44. The molecule has 1 fully saturated rings. The van der Waals surface area contributed by atoms with Crippen molar-refractivity contribution in [2.75, 3.05) is 0 Å². The molecular formula is C16H11N3O3S2. The van der Waals surface area contributed by atoms with E-state index in [4.69, 9.17) is 12.2 Å². The standard InChI is InChI=1S/C16H11N3O3S2/c20-12-5-3-11(4-6-12)14(21)18-19-15(22)13(24-16(19)23)8-10-2-1-7-17-9-10/h1-9,20H,(H,18,21)/b13-8-. The van der Waals surface area contributed by atoms with Crippen LogP contribution in [-0.2, 0) is 4.79 Å². The van der Waals surface area contributed by atoms with Gasteiger partial charge in [-0.15, -0.1) is 0 Å². The van der Waals surface area contributed by atoms with Crippen LogP contribution >= 0.6 is 24.0 Å². The van der Waals surface area contributed by atoms with Crippen LogP contribution in [0.5, 0.6) is 5.75 Å². The van der Waals surface area contributed by atoms with Crippen LogP contribution in [0.4, 0.5) is 0 Å². The molecule has 24 heavy (non-hydrogen) atoms. The fraction of sp³-hybridized carbons (Fsp3) is 0. The number of amides is 2. The number of aromatic nitrogens is 1. The van der Waals surface area contributed by atoms with Gasteiger partial charge in [0.25, 0.3) is 11.8 Å². The summed E-state index contributed by atoms with van der Waals surface area (Å²) >= 11 is 6.26. The van der Waals surface area contributed by atoms with Gasteiger partial charge in [0.15, 0.2) is 4.32 Å². The minimum atomic E-state index is -0.492. The normalized spacial score (nSPS) is 15.8. The molecule has 1 saturated heterocycles. The Morgan fingerprint density at radius 2 is 2.04 bits per heavy atom.